The van der Waals surface area contributed by atoms with Gasteiger partial charge in [-0.1, -0.05) is 0 Å². The fourth-order valence-corrected chi connectivity index (χ4v) is 4.15. The van der Waals surface area contributed by atoms with E-state index in [0.717, 1.165) is 45.5 Å². The molecular formula is C22H23NO4S. The molecule has 0 aliphatic carbocycles. The first kappa shape index (κ1) is 18.7. The number of aryl methyl sites for hydroxylation is 1. The van der Waals surface area contributed by atoms with Gasteiger partial charge in [-0.05, 0) is 50.2 Å². The van der Waals surface area contributed by atoms with Gasteiger partial charge in [0.25, 0.3) is 0 Å². The quantitative estimate of drug-likeness (QED) is 0.438. The lowest BCUT2D eigenvalue weighted by Crippen LogP contribution is -2.07. The number of carbonyl (C=O) groups is 1. The first-order valence-corrected chi connectivity index (χ1v) is 10.3. The highest BCUT2D eigenvalue weighted by Crippen LogP contribution is 2.34. The van der Waals surface area contributed by atoms with Gasteiger partial charge in [0.1, 0.15) is 5.76 Å². The molecule has 4 rings (SSSR count). The number of benzene rings is 1. The van der Waals surface area contributed by atoms with Gasteiger partial charge in [0.2, 0.25) is 0 Å². The Morgan fingerprint density at radius 2 is 1.93 bits per heavy atom. The van der Waals surface area contributed by atoms with Crippen LogP contribution in [0.2, 0.25) is 0 Å². The minimum Gasteiger partial charge on any atom is -0.490 e. The lowest BCUT2D eigenvalue weighted by atomic mass is 10.2. The highest BCUT2D eigenvalue weighted by Gasteiger charge is 2.17. The van der Waals surface area contributed by atoms with Crippen LogP contribution in [0, 0.1) is 13.8 Å². The van der Waals surface area contributed by atoms with E-state index in [2.05, 4.69) is 4.57 Å². The number of fused-ring (bicyclic) bond motifs is 1. The van der Waals surface area contributed by atoms with Crippen LogP contribution in [-0.2, 0) is 6.54 Å². The van der Waals surface area contributed by atoms with E-state index in [9.17, 15) is 4.79 Å². The summed E-state index contributed by atoms with van der Waals surface area (Å²) in [7, 11) is 0. The smallest absolute Gasteiger partial charge is 0.174 e. The van der Waals surface area contributed by atoms with E-state index in [0.29, 0.717) is 25.5 Å². The van der Waals surface area contributed by atoms with E-state index in [4.69, 9.17) is 13.9 Å². The zero-order valence-corrected chi connectivity index (χ0v) is 16.9. The van der Waals surface area contributed by atoms with E-state index >= 15 is 0 Å². The molecule has 1 aromatic carbocycles. The number of hydrogen-bond donors (Lipinski definition) is 0. The Bertz CT molecular complexity index is 975. The molecule has 0 atom stereocenters. The minimum absolute atomic E-state index is 0.121. The van der Waals surface area contributed by atoms with Crippen molar-refractivity contribution in [3.63, 3.8) is 0 Å². The summed E-state index contributed by atoms with van der Waals surface area (Å²) in [5.74, 6) is 2.91. The number of nitrogens with zero attached hydrogens (tertiary/aromatic N) is 1. The van der Waals surface area contributed by atoms with Crippen molar-refractivity contribution in [2.45, 2.75) is 31.7 Å². The highest BCUT2D eigenvalue weighted by molar-refractivity contribution is 8.00. The normalized spacial score (nSPS) is 13.4. The van der Waals surface area contributed by atoms with Crippen molar-refractivity contribution in [2.24, 2.45) is 0 Å². The van der Waals surface area contributed by atoms with Crippen LogP contribution < -0.4 is 9.47 Å². The zero-order chi connectivity index (χ0) is 19.5. The number of hydrogen-bond acceptors (Lipinski definition) is 5. The number of furan rings is 1. The molecule has 2 aromatic heterocycles. The molecule has 5 nitrogen and oxygen atoms in total. The fourth-order valence-electron chi connectivity index (χ4n) is 3.35. The van der Waals surface area contributed by atoms with Crippen LogP contribution in [0.5, 0.6) is 11.5 Å². The first-order valence-electron chi connectivity index (χ1n) is 9.36. The zero-order valence-electron chi connectivity index (χ0n) is 16.1. The Morgan fingerprint density at radius 3 is 2.71 bits per heavy atom. The maximum Gasteiger partial charge on any atom is 0.174 e. The Kier molecular flexibility index (Phi) is 5.48. The number of ketones is 1. The summed E-state index contributed by atoms with van der Waals surface area (Å²) in [6, 6.07) is 11.6. The van der Waals surface area contributed by atoms with E-state index in [1.54, 1.807) is 6.26 Å². The van der Waals surface area contributed by atoms with E-state index in [1.165, 1.54) is 11.8 Å². The Hall–Kier alpha value is -2.60. The summed E-state index contributed by atoms with van der Waals surface area (Å²) in [5.41, 5.74) is 2.79. The number of Topliss-reactive ketones (excluding diaryl/α,β-unsaturated/α-hetero) is 1. The number of carbonyl (C=O) groups excluding carboxylic acids is 1. The number of ether oxygens (including phenoxy) is 2. The molecule has 0 unspecified atom stereocenters. The van der Waals surface area contributed by atoms with Crippen molar-refractivity contribution < 1.29 is 18.7 Å². The lowest BCUT2D eigenvalue weighted by molar-refractivity contribution is 0.102. The third-order valence-corrected chi connectivity index (χ3v) is 5.85. The van der Waals surface area contributed by atoms with Crippen molar-refractivity contribution in [1.82, 2.24) is 4.57 Å². The van der Waals surface area contributed by atoms with Gasteiger partial charge in [-0.2, -0.15) is 0 Å². The minimum atomic E-state index is 0.121. The van der Waals surface area contributed by atoms with Crippen LogP contribution in [0.1, 0.15) is 33.9 Å². The van der Waals surface area contributed by atoms with E-state index < -0.39 is 0 Å². The third kappa shape index (κ3) is 3.97. The second-order valence-electron chi connectivity index (χ2n) is 6.82. The Labute approximate surface area is 168 Å². The van der Waals surface area contributed by atoms with Gasteiger partial charge in [0.15, 0.2) is 17.3 Å². The molecule has 0 radical (unpaired) electrons. The summed E-state index contributed by atoms with van der Waals surface area (Å²) in [6.45, 7) is 5.96. The number of rotatable bonds is 6. The average molecular weight is 397 g/mol. The summed E-state index contributed by atoms with van der Waals surface area (Å²) >= 11 is 1.52. The third-order valence-electron chi connectivity index (χ3n) is 4.86. The van der Waals surface area contributed by atoms with Crippen molar-refractivity contribution in [1.29, 1.82) is 0 Å². The number of thioether (sulfide) groups is 1. The largest absolute Gasteiger partial charge is 0.490 e. The lowest BCUT2D eigenvalue weighted by Gasteiger charge is -2.09. The Balaban J connectivity index is 1.45. The molecular weight excluding hydrogens is 374 g/mol. The average Bonchev–Trinajstić information content (AvgIpc) is 3.22. The van der Waals surface area contributed by atoms with Gasteiger partial charge < -0.3 is 18.5 Å². The van der Waals surface area contributed by atoms with E-state index in [-0.39, 0.29) is 5.78 Å². The van der Waals surface area contributed by atoms with Crippen molar-refractivity contribution in [2.75, 3.05) is 19.0 Å². The summed E-state index contributed by atoms with van der Waals surface area (Å²) in [5, 5.41) is 0. The predicted molar refractivity (Wildman–Crippen MR) is 109 cm³/mol. The maximum absolute atomic E-state index is 12.8. The van der Waals surface area contributed by atoms with Crippen LogP contribution in [-0.4, -0.2) is 29.3 Å². The summed E-state index contributed by atoms with van der Waals surface area (Å²) in [6.07, 6.45) is 2.55. The molecule has 146 valence electrons. The topological polar surface area (TPSA) is 53.6 Å². The standard InChI is InChI=1S/C22H23NO4S/c1-15-11-19(16(2)23(15)13-17-5-3-8-25-17)20(24)14-28-18-6-7-21-22(12-18)27-10-4-9-26-21/h3,5-8,11-12H,4,9-10,13-14H2,1-2H3. The molecule has 1 aliphatic heterocycles. The molecule has 0 saturated heterocycles. The van der Waals surface area contributed by atoms with Crippen LogP contribution in [0.4, 0.5) is 0 Å². The van der Waals surface area contributed by atoms with Gasteiger partial charge in [-0.3, -0.25) is 4.79 Å². The van der Waals surface area contributed by atoms with Crippen molar-refractivity contribution in [3.05, 3.63) is 65.4 Å². The van der Waals surface area contributed by atoms with Gasteiger partial charge in [-0.15, -0.1) is 11.8 Å². The molecule has 0 N–H and O–H groups in total. The van der Waals surface area contributed by atoms with Gasteiger partial charge in [0, 0.05) is 28.3 Å². The molecule has 1 aliphatic rings. The molecule has 0 spiro atoms. The molecule has 28 heavy (non-hydrogen) atoms. The van der Waals surface area contributed by atoms with Gasteiger partial charge in [-0.25, -0.2) is 0 Å². The summed E-state index contributed by atoms with van der Waals surface area (Å²) < 4.78 is 19.0. The molecule has 0 amide bonds. The fraction of sp³-hybridized carbons (Fsp3) is 0.318. The molecule has 0 saturated carbocycles. The van der Waals surface area contributed by atoms with Crippen LogP contribution in [0.15, 0.2) is 52.0 Å². The van der Waals surface area contributed by atoms with Crippen LogP contribution in [0.3, 0.4) is 0 Å². The second-order valence-corrected chi connectivity index (χ2v) is 7.87. The van der Waals surface area contributed by atoms with Crippen molar-refractivity contribution in [3.8, 4) is 11.5 Å². The predicted octanol–water partition coefficient (Wildman–Crippen LogP) is 4.88. The molecule has 6 heteroatoms. The van der Waals surface area contributed by atoms with Crippen LogP contribution in [0.25, 0.3) is 0 Å². The Morgan fingerprint density at radius 1 is 1.11 bits per heavy atom. The number of aromatic nitrogens is 1. The first-order chi connectivity index (χ1) is 13.6. The molecule has 0 fully saturated rings. The van der Waals surface area contributed by atoms with Crippen molar-refractivity contribution >= 4 is 17.5 Å². The summed E-state index contributed by atoms with van der Waals surface area (Å²) in [4.78, 5) is 13.8. The SMILES string of the molecule is Cc1cc(C(=O)CSc2ccc3c(c2)OCCCO3)c(C)n1Cc1ccco1. The second kappa shape index (κ2) is 8.19. The molecule has 3 aromatic rings. The van der Waals surface area contributed by atoms with Gasteiger partial charge in [0.05, 0.1) is 31.8 Å². The molecule has 3 heterocycles. The monoisotopic (exact) mass is 397 g/mol. The molecule has 0 bridgehead atoms. The van der Waals surface area contributed by atoms with Crippen LogP contribution >= 0.6 is 11.8 Å². The van der Waals surface area contributed by atoms with E-state index in [1.807, 2.05) is 50.2 Å². The maximum atomic E-state index is 12.8. The van der Waals surface area contributed by atoms with Gasteiger partial charge >= 0.3 is 0 Å². The highest BCUT2D eigenvalue weighted by atomic mass is 32.2.